The summed E-state index contributed by atoms with van der Waals surface area (Å²) in [5, 5.41) is 10.4. The van der Waals surface area contributed by atoms with Gasteiger partial charge in [0.25, 0.3) is 5.78 Å². The Labute approximate surface area is 225 Å². The number of rotatable bonds is 7. The molecule has 1 N–H and O–H groups in total. The van der Waals surface area contributed by atoms with E-state index in [4.69, 9.17) is 0 Å². The molecule has 1 aliphatic rings. The first kappa shape index (κ1) is 26.3. The Morgan fingerprint density at radius 2 is 1.28 bits per heavy atom. The highest BCUT2D eigenvalue weighted by atomic mass is 19.4. The van der Waals surface area contributed by atoms with E-state index in [9.17, 15) is 23.1 Å². The Kier molecular flexibility index (Phi) is 6.81. The van der Waals surface area contributed by atoms with Gasteiger partial charge in [0.1, 0.15) is 5.76 Å². The van der Waals surface area contributed by atoms with Crippen molar-refractivity contribution in [2.45, 2.75) is 38.3 Å². The van der Waals surface area contributed by atoms with Gasteiger partial charge in [-0.05, 0) is 77.6 Å². The number of hydrogen-bond acceptors (Lipinski definition) is 3. The summed E-state index contributed by atoms with van der Waals surface area (Å²) >= 11 is 0. The molecule has 0 radical (unpaired) electrons. The molecule has 5 rings (SSSR count). The minimum absolute atomic E-state index is 0.181. The SMILES string of the molecule is CCC1(CC)c2cc(/C(O)=C/C(=O)C(F)(F)F)ccc2-c2ccc(N(c3ccccc3)c3ccccc3)cc21. The van der Waals surface area contributed by atoms with Crippen LogP contribution in [0.4, 0.5) is 30.2 Å². The van der Waals surface area contributed by atoms with Crippen LogP contribution in [0, 0.1) is 0 Å². The molecule has 39 heavy (non-hydrogen) atoms. The Balaban J connectivity index is 1.64. The summed E-state index contributed by atoms with van der Waals surface area (Å²) in [5.74, 6) is -2.79. The van der Waals surface area contributed by atoms with Crippen LogP contribution in [-0.2, 0) is 10.2 Å². The second-order valence-electron chi connectivity index (χ2n) is 9.68. The highest BCUT2D eigenvalue weighted by Crippen LogP contribution is 2.54. The van der Waals surface area contributed by atoms with Crippen LogP contribution >= 0.6 is 0 Å². The van der Waals surface area contributed by atoms with Crippen molar-refractivity contribution in [2.75, 3.05) is 4.90 Å². The van der Waals surface area contributed by atoms with Crippen LogP contribution in [-0.4, -0.2) is 17.1 Å². The lowest BCUT2D eigenvalue weighted by molar-refractivity contribution is -0.165. The van der Waals surface area contributed by atoms with Crippen molar-refractivity contribution in [3.8, 4) is 11.1 Å². The third kappa shape index (κ3) is 4.60. The van der Waals surface area contributed by atoms with E-state index in [1.54, 1.807) is 12.1 Å². The molecule has 6 heteroatoms. The molecule has 198 valence electrons. The van der Waals surface area contributed by atoms with Crippen LogP contribution in [0.1, 0.15) is 43.4 Å². The Morgan fingerprint density at radius 1 is 0.769 bits per heavy atom. The molecule has 0 saturated carbocycles. The molecule has 0 spiro atoms. The van der Waals surface area contributed by atoms with E-state index in [1.165, 1.54) is 0 Å². The molecule has 0 amide bonds. The summed E-state index contributed by atoms with van der Waals surface area (Å²) in [7, 11) is 0. The van der Waals surface area contributed by atoms with E-state index >= 15 is 0 Å². The van der Waals surface area contributed by atoms with Gasteiger partial charge in [-0.1, -0.05) is 68.4 Å². The largest absolute Gasteiger partial charge is 0.507 e. The number of carbonyl (C=O) groups is 1. The number of aliphatic hydroxyl groups is 1. The van der Waals surface area contributed by atoms with Gasteiger partial charge in [0.15, 0.2) is 0 Å². The van der Waals surface area contributed by atoms with Crippen molar-refractivity contribution in [1.29, 1.82) is 0 Å². The molecule has 0 saturated heterocycles. The average Bonchev–Trinajstić information content (AvgIpc) is 3.22. The molecule has 0 atom stereocenters. The van der Waals surface area contributed by atoms with E-state index in [2.05, 4.69) is 61.2 Å². The third-order valence-electron chi connectivity index (χ3n) is 7.68. The van der Waals surface area contributed by atoms with Crippen LogP contribution in [0.5, 0.6) is 0 Å². The van der Waals surface area contributed by atoms with Crippen LogP contribution in [0.15, 0.2) is 103 Å². The maximum absolute atomic E-state index is 12.8. The average molecular weight is 528 g/mol. The number of halogens is 3. The third-order valence-corrected chi connectivity index (χ3v) is 7.68. The zero-order valence-electron chi connectivity index (χ0n) is 21.7. The monoisotopic (exact) mass is 527 g/mol. The van der Waals surface area contributed by atoms with Gasteiger partial charge in [0, 0.05) is 34.1 Å². The van der Waals surface area contributed by atoms with Gasteiger partial charge in [0.05, 0.1) is 0 Å². The summed E-state index contributed by atoms with van der Waals surface area (Å²) in [6.07, 6.45) is -3.30. The van der Waals surface area contributed by atoms with Crippen molar-refractivity contribution in [3.05, 3.63) is 120 Å². The quantitative estimate of drug-likeness (QED) is 0.192. The van der Waals surface area contributed by atoms with Crippen molar-refractivity contribution in [3.63, 3.8) is 0 Å². The van der Waals surface area contributed by atoms with E-state index in [0.29, 0.717) is 0 Å². The fourth-order valence-corrected chi connectivity index (χ4v) is 5.68. The summed E-state index contributed by atoms with van der Waals surface area (Å²) in [6.45, 7) is 4.19. The van der Waals surface area contributed by atoms with Crippen LogP contribution < -0.4 is 4.90 Å². The van der Waals surface area contributed by atoms with Gasteiger partial charge >= 0.3 is 6.18 Å². The van der Waals surface area contributed by atoms with E-state index in [1.807, 2.05) is 42.5 Å². The summed E-state index contributed by atoms with van der Waals surface area (Å²) < 4.78 is 38.4. The topological polar surface area (TPSA) is 40.5 Å². The second-order valence-corrected chi connectivity index (χ2v) is 9.68. The van der Waals surface area contributed by atoms with Crippen molar-refractivity contribution in [1.82, 2.24) is 0 Å². The second kappa shape index (κ2) is 10.1. The van der Waals surface area contributed by atoms with Gasteiger partial charge in [-0.2, -0.15) is 13.2 Å². The molecular formula is C33H28F3NO2. The molecule has 4 aromatic carbocycles. The van der Waals surface area contributed by atoms with Gasteiger partial charge in [0.2, 0.25) is 0 Å². The van der Waals surface area contributed by atoms with E-state index in [0.717, 1.165) is 52.2 Å². The number of nitrogens with zero attached hydrogens (tertiary/aromatic N) is 1. The van der Waals surface area contributed by atoms with Crippen LogP contribution in [0.25, 0.3) is 16.9 Å². The molecule has 0 fully saturated rings. The molecule has 0 heterocycles. The first-order chi connectivity index (χ1) is 18.7. The molecule has 0 bridgehead atoms. The predicted octanol–water partition coefficient (Wildman–Crippen LogP) is 9.27. The fraction of sp³-hybridized carbons (Fsp3) is 0.182. The minimum atomic E-state index is -5.04. The standard InChI is InChI=1S/C33H28F3NO2/c1-3-32(4-2)28-19-22(30(38)21-31(39)33(34,35)36)15-17-26(28)27-18-16-25(20-29(27)32)37(23-11-7-5-8-12-23)24-13-9-6-10-14-24/h5-21,38H,3-4H2,1-2H3/b30-21-. The van der Waals surface area contributed by atoms with Gasteiger partial charge < -0.3 is 10.0 Å². The summed E-state index contributed by atoms with van der Waals surface area (Å²) in [5.41, 5.74) is 6.89. The zero-order valence-corrected chi connectivity index (χ0v) is 21.7. The summed E-state index contributed by atoms with van der Waals surface area (Å²) in [4.78, 5) is 13.7. The number of carbonyl (C=O) groups excluding carboxylic acids is 1. The molecule has 0 unspecified atom stereocenters. The number of para-hydroxylation sites is 2. The lowest BCUT2D eigenvalue weighted by Crippen LogP contribution is -2.24. The van der Waals surface area contributed by atoms with Gasteiger partial charge in [-0.15, -0.1) is 0 Å². The molecule has 0 aromatic heterocycles. The molecule has 3 nitrogen and oxygen atoms in total. The number of benzene rings is 4. The predicted molar refractivity (Wildman–Crippen MR) is 150 cm³/mol. The Hall–Kier alpha value is -4.32. The lowest BCUT2D eigenvalue weighted by atomic mass is 9.73. The van der Waals surface area contributed by atoms with Crippen LogP contribution in [0.2, 0.25) is 0 Å². The maximum atomic E-state index is 12.8. The number of alkyl halides is 3. The summed E-state index contributed by atoms with van der Waals surface area (Å²) in [6, 6.07) is 31.7. The first-order valence-electron chi connectivity index (χ1n) is 12.9. The molecule has 4 aromatic rings. The van der Waals surface area contributed by atoms with E-state index < -0.39 is 23.1 Å². The number of anilines is 3. The van der Waals surface area contributed by atoms with Gasteiger partial charge in [-0.3, -0.25) is 4.79 Å². The van der Waals surface area contributed by atoms with Crippen LogP contribution in [0.3, 0.4) is 0 Å². The first-order valence-corrected chi connectivity index (χ1v) is 12.9. The molecule has 1 aliphatic carbocycles. The lowest BCUT2D eigenvalue weighted by Gasteiger charge is -2.32. The Bertz CT molecular complexity index is 1500. The van der Waals surface area contributed by atoms with Crippen molar-refractivity contribution >= 4 is 28.6 Å². The normalized spacial score (nSPS) is 14.0. The highest BCUT2D eigenvalue weighted by Gasteiger charge is 2.41. The molecular weight excluding hydrogens is 499 g/mol. The van der Waals surface area contributed by atoms with Crippen molar-refractivity contribution in [2.24, 2.45) is 0 Å². The van der Waals surface area contributed by atoms with Gasteiger partial charge in [-0.25, -0.2) is 0 Å². The zero-order chi connectivity index (χ0) is 27.8. The highest BCUT2D eigenvalue weighted by molar-refractivity contribution is 5.99. The minimum Gasteiger partial charge on any atom is -0.507 e. The number of aliphatic hydroxyl groups excluding tert-OH is 1. The molecule has 0 aliphatic heterocycles. The smallest absolute Gasteiger partial charge is 0.454 e. The fourth-order valence-electron chi connectivity index (χ4n) is 5.68. The number of hydrogen-bond donors (Lipinski definition) is 1. The Morgan fingerprint density at radius 3 is 1.79 bits per heavy atom. The number of fused-ring (bicyclic) bond motifs is 3. The van der Waals surface area contributed by atoms with E-state index in [-0.39, 0.29) is 11.6 Å². The maximum Gasteiger partial charge on any atom is 0.454 e. The van der Waals surface area contributed by atoms with Crippen molar-refractivity contribution < 1.29 is 23.1 Å². The number of allylic oxidation sites excluding steroid dienone is 1. The number of ketones is 1.